The Morgan fingerprint density at radius 2 is 1.86 bits per heavy atom. The van der Waals surface area contributed by atoms with Gasteiger partial charge in [0.25, 0.3) is 0 Å². The van der Waals surface area contributed by atoms with E-state index in [-0.39, 0.29) is 0 Å². The highest BCUT2D eigenvalue weighted by molar-refractivity contribution is 7.57. The molecule has 0 radical (unpaired) electrons. The van der Waals surface area contributed by atoms with Gasteiger partial charge in [-0.1, -0.05) is 41.6 Å². The van der Waals surface area contributed by atoms with Gasteiger partial charge in [0.2, 0.25) is 13.0 Å². The van der Waals surface area contributed by atoms with Gasteiger partial charge in [-0.15, -0.1) is 5.10 Å². The van der Waals surface area contributed by atoms with Crippen molar-refractivity contribution in [2.45, 2.75) is 32.5 Å². The Balaban J connectivity index is 1.49. The molecule has 1 unspecified atom stereocenters. The van der Waals surface area contributed by atoms with E-state index in [1.54, 1.807) is 19.1 Å². The maximum Gasteiger partial charge on any atom is 0.221 e. The second-order valence-corrected chi connectivity index (χ2v) is 11.8. The number of nitrogens with zero attached hydrogens (tertiary/aromatic N) is 6. The van der Waals surface area contributed by atoms with Crippen molar-refractivity contribution >= 4 is 29.6 Å². The van der Waals surface area contributed by atoms with Crippen molar-refractivity contribution in [2.75, 3.05) is 13.3 Å². The average Bonchev–Trinajstić information content (AvgIpc) is 3.28. The van der Waals surface area contributed by atoms with Crippen molar-refractivity contribution in [3.05, 3.63) is 78.1 Å². The molecule has 178 valence electrons. The van der Waals surface area contributed by atoms with Crippen molar-refractivity contribution < 1.29 is 9.09 Å². The summed E-state index contributed by atoms with van der Waals surface area (Å²) in [5, 5.41) is 9.74. The predicted octanol–water partition coefficient (Wildman–Crippen LogP) is 5.66. The molecule has 2 aromatic carbocycles. The van der Waals surface area contributed by atoms with Crippen LogP contribution in [0, 0.1) is 0 Å². The molecule has 35 heavy (non-hydrogen) atoms. The van der Waals surface area contributed by atoms with E-state index in [9.17, 15) is 4.57 Å². The van der Waals surface area contributed by atoms with Crippen LogP contribution >= 0.6 is 7.37 Å². The van der Waals surface area contributed by atoms with Gasteiger partial charge < -0.3 is 4.52 Å². The van der Waals surface area contributed by atoms with E-state index in [0.29, 0.717) is 24.1 Å². The van der Waals surface area contributed by atoms with Crippen LogP contribution in [-0.2, 0) is 20.8 Å². The quantitative estimate of drug-likeness (QED) is 0.274. The van der Waals surface area contributed by atoms with Crippen molar-refractivity contribution in [3.8, 4) is 11.3 Å². The minimum Gasteiger partial charge on any atom is -0.329 e. The van der Waals surface area contributed by atoms with E-state index in [1.165, 1.54) is 0 Å². The summed E-state index contributed by atoms with van der Waals surface area (Å²) in [4.78, 5) is 13.8. The third kappa shape index (κ3) is 4.59. The minimum absolute atomic E-state index is 0.401. The summed E-state index contributed by atoms with van der Waals surface area (Å²) in [6.07, 6.45) is 3.90. The molecule has 0 aliphatic heterocycles. The molecule has 8 nitrogen and oxygen atoms in total. The van der Waals surface area contributed by atoms with Gasteiger partial charge in [-0.05, 0) is 50.1 Å². The van der Waals surface area contributed by atoms with Gasteiger partial charge in [0, 0.05) is 30.0 Å². The molecule has 0 aliphatic carbocycles. The van der Waals surface area contributed by atoms with Crippen LogP contribution in [0.5, 0.6) is 0 Å². The normalized spacial score (nSPS) is 13.8. The highest BCUT2D eigenvalue weighted by Gasteiger charge is 2.28. The molecule has 9 heteroatoms. The van der Waals surface area contributed by atoms with Gasteiger partial charge >= 0.3 is 0 Å². The van der Waals surface area contributed by atoms with Crippen molar-refractivity contribution in [2.24, 2.45) is 0 Å². The third-order valence-corrected chi connectivity index (χ3v) is 7.87. The lowest BCUT2D eigenvalue weighted by Crippen LogP contribution is -2.29. The Morgan fingerprint density at radius 1 is 1.06 bits per heavy atom. The molecule has 0 spiro atoms. The summed E-state index contributed by atoms with van der Waals surface area (Å²) in [6, 6.07) is 18.0. The van der Waals surface area contributed by atoms with Crippen LogP contribution in [0.1, 0.15) is 31.9 Å². The summed E-state index contributed by atoms with van der Waals surface area (Å²) < 4.78 is 19.7. The zero-order chi connectivity index (χ0) is 24.6. The van der Waals surface area contributed by atoms with Gasteiger partial charge in [-0.25, -0.2) is 14.6 Å². The van der Waals surface area contributed by atoms with Gasteiger partial charge in [0.1, 0.15) is 0 Å². The van der Waals surface area contributed by atoms with Crippen LogP contribution in [0.25, 0.3) is 33.5 Å². The van der Waals surface area contributed by atoms with Crippen LogP contribution in [-0.4, -0.2) is 43.2 Å². The van der Waals surface area contributed by atoms with Crippen molar-refractivity contribution in [1.29, 1.82) is 0 Å². The monoisotopic (exact) mass is 486 g/mol. The van der Waals surface area contributed by atoms with E-state index in [2.05, 4.69) is 52.3 Å². The number of hydrogen-bond donors (Lipinski definition) is 0. The molecule has 3 heterocycles. The lowest BCUT2D eigenvalue weighted by atomic mass is 9.93. The molecular weight excluding hydrogens is 459 g/mol. The Morgan fingerprint density at radius 3 is 2.63 bits per heavy atom. The largest absolute Gasteiger partial charge is 0.329 e. The molecule has 0 amide bonds. The van der Waals surface area contributed by atoms with E-state index >= 15 is 0 Å². The number of hydrogen-bond acceptors (Lipinski definition) is 7. The molecular formula is C26H27N6O2P. The minimum atomic E-state index is -2.65. The number of fused-ring (bicyclic) bond motifs is 2. The van der Waals surface area contributed by atoms with Crippen LogP contribution in [0.4, 0.5) is 0 Å². The average molecular weight is 487 g/mol. The number of benzene rings is 2. The first-order valence-electron chi connectivity index (χ1n) is 11.5. The van der Waals surface area contributed by atoms with Crippen molar-refractivity contribution in [1.82, 2.24) is 29.9 Å². The SMILES string of the molecule is CCOP(C)(=O)Cc1ccc(-c2cnc3nnn(C(C)(C)c4ccc5ncccc5c4)c3n2)cc1. The lowest BCUT2D eigenvalue weighted by Gasteiger charge is -2.26. The molecule has 3 aromatic heterocycles. The Hall–Kier alpha value is -3.48. The molecule has 0 saturated heterocycles. The fourth-order valence-electron chi connectivity index (χ4n) is 4.24. The second kappa shape index (κ2) is 8.95. The van der Waals surface area contributed by atoms with E-state index in [1.807, 2.05) is 48.0 Å². The molecule has 0 bridgehead atoms. The summed E-state index contributed by atoms with van der Waals surface area (Å²) >= 11 is 0. The maximum atomic E-state index is 12.5. The highest BCUT2D eigenvalue weighted by Crippen LogP contribution is 2.46. The second-order valence-electron chi connectivity index (χ2n) is 9.16. The topological polar surface area (TPSA) is 95.7 Å². The molecule has 0 saturated carbocycles. The molecule has 0 aliphatic rings. The van der Waals surface area contributed by atoms with Crippen LogP contribution in [0.2, 0.25) is 0 Å². The Labute approximate surface area is 203 Å². The molecule has 1 atom stereocenters. The Kier molecular flexibility index (Phi) is 5.95. The van der Waals surface area contributed by atoms with Gasteiger partial charge in [0.15, 0.2) is 5.65 Å². The first-order chi connectivity index (χ1) is 16.8. The molecule has 0 fully saturated rings. The first-order valence-corrected chi connectivity index (χ1v) is 13.8. The fraction of sp³-hybridized carbons (Fsp3) is 0.269. The number of rotatable bonds is 7. The predicted molar refractivity (Wildman–Crippen MR) is 138 cm³/mol. The smallest absolute Gasteiger partial charge is 0.221 e. The summed E-state index contributed by atoms with van der Waals surface area (Å²) in [7, 11) is -2.65. The zero-order valence-corrected chi connectivity index (χ0v) is 21.1. The summed E-state index contributed by atoms with van der Waals surface area (Å²) in [5.74, 6) is 0. The van der Waals surface area contributed by atoms with E-state index in [4.69, 9.17) is 9.51 Å². The molecule has 5 aromatic rings. The standard InChI is InChI=1S/C26H27N6O2P/c1-5-34-35(4,33)17-18-8-10-19(11-9-18)23-16-28-24-25(29-23)32(31-30-24)26(2,3)21-12-13-22-20(15-21)7-6-14-27-22/h6-16H,5,17H2,1-4H3. The maximum absolute atomic E-state index is 12.5. The highest BCUT2D eigenvalue weighted by atomic mass is 31.2. The number of aromatic nitrogens is 6. The van der Waals surface area contributed by atoms with Crippen LogP contribution < -0.4 is 0 Å². The van der Waals surface area contributed by atoms with E-state index < -0.39 is 12.9 Å². The zero-order valence-electron chi connectivity index (χ0n) is 20.2. The lowest BCUT2D eigenvalue weighted by molar-refractivity contribution is 0.336. The fourth-order valence-corrected chi connectivity index (χ4v) is 5.75. The number of pyridine rings is 1. The molecule has 5 rings (SSSR count). The van der Waals surface area contributed by atoms with Crippen LogP contribution in [0.15, 0.2) is 67.0 Å². The molecule has 0 N–H and O–H groups in total. The van der Waals surface area contributed by atoms with Gasteiger partial charge in [-0.3, -0.25) is 9.55 Å². The van der Waals surface area contributed by atoms with Gasteiger partial charge in [-0.2, -0.15) is 0 Å². The first kappa shape index (κ1) is 23.3. The van der Waals surface area contributed by atoms with Crippen molar-refractivity contribution in [3.63, 3.8) is 0 Å². The summed E-state index contributed by atoms with van der Waals surface area (Å²) in [6.45, 7) is 8.14. The Bertz CT molecular complexity index is 1560. The van der Waals surface area contributed by atoms with Crippen LogP contribution in [0.3, 0.4) is 0 Å². The van der Waals surface area contributed by atoms with E-state index in [0.717, 1.165) is 33.3 Å². The third-order valence-electron chi connectivity index (χ3n) is 6.13. The van der Waals surface area contributed by atoms with Gasteiger partial charge in [0.05, 0.1) is 29.6 Å². The summed E-state index contributed by atoms with van der Waals surface area (Å²) in [5.41, 5.74) is 5.18.